The van der Waals surface area contributed by atoms with E-state index in [0.717, 1.165) is 12.8 Å². The SMILES string of the molecule is O=C(c1cocn1)N1CC[C@@]2(C(=O)O)CCC[C@@H]12. The summed E-state index contributed by atoms with van der Waals surface area (Å²) >= 11 is 0. The van der Waals surface area contributed by atoms with E-state index in [1.807, 2.05) is 0 Å². The van der Waals surface area contributed by atoms with Crippen LogP contribution in [0, 0.1) is 5.41 Å². The van der Waals surface area contributed by atoms with Crippen molar-refractivity contribution >= 4 is 11.9 Å². The maximum atomic E-state index is 12.2. The van der Waals surface area contributed by atoms with Crippen molar-refractivity contribution in [2.45, 2.75) is 31.7 Å². The van der Waals surface area contributed by atoms with Crippen LogP contribution in [-0.4, -0.2) is 39.5 Å². The van der Waals surface area contributed by atoms with Gasteiger partial charge in [0.1, 0.15) is 6.26 Å². The summed E-state index contributed by atoms with van der Waals surface area (Å²) in [4.78, 5) is 29.2. The number of carbonyl (C=O) groups excluding carboxylic acids is 1. The third kappa shape index (κ3) is 1.38. The molecule has 2 atom stereocenters. The van der Waals surface area contributed by atoms with E-state index in [1.54, 1.807) is 4.90 Å². The number of aliphatic carboxylic acids is 1. The third-order valence-corrected chi connectivity index (χ3v) is 4.25. The molecule has 18 heavy (non-hydrogen) atoms. The van der Waals surface area contributed by atoms with Gasteiger partial charge >= 0.3 is 5.97 Å². The molecule has 2 heterocycles. The summed E-state index contributed by atoms with van der Waals surface area (Å²) in [6.45, 7) is 0.489. The minimum Gasteiger partial charge on any atom is -0.481 e. The van der Waals surface area contributed by atoms with Gasteiger partial charge in [0.15, 0.2) is 12.1 Å². The van der Waals surface area contributed by atoms with Crippen LogP contribution in [0.4, 0.5) is 0 Å². The average molecular weight is 250 g/mol. The van der Waals surface area contributed by atoms with Gasteiger partial charge in [-0.2, -0.15) is 0 Å². The summed E-state index contributed by atoms with van der Waals surface area (Å²) in [7, 11) is 0. The Balaban J connectivity index is 1.88. The summed E-state index contributed by atoms with van der Waals surface area (Å²) in [5, 5.41) is 9.43. The van der Waals surface area contributed by atoms with Crippen molar-refractivity contribution in [2.75, 3.05) is 6.54 Å². The van der Waals surface area contributed by atoms with Gasteiger partial charge in [-0.1, -0.05) is 6.42 Å². The predicted molar refractivity (Wildman–Crippen MR) is 59.9 cm³/mol. The highest BCUT2D eigenvalue weighted by atomic mass is 16.4. The van der Waals surface area contributed by atoms with Crippen LogP contribution in [0.2, 0.25) is 0 Å². The van der Waals surface area contributed by atoms with E-state index in [1.165, 1.54) is 12.7 Å². The normalized spacial score (nSPS) is 30.4. The number of likely N-dealkylation sites (tertiary alicyclic amines) is 1. The monoisotopic (exact) mass is 250 g/mol. The topological polar surface area (TPSA) is 83.6 Å². The number of carboxylic acid groups (broad SMARTS) is 1. The molecule has 0 radical (unpaired) electrons. The fraction of sp³-hybridized carbons (Fsp3) is 0.583. The van der Waals surface area contributed by atoms with Crippen LogP contribution in [-0.2, 0) is 4.79 Å². The number of aromatic nitrogens is 1. The van der Waals surface area contributed by atoms with E-state index in [4.69, 9.17) is 4.42 Å². The number of fused-ring (bicyclic) bond motifs is 1. The number of carbonyl (C=O) groups is 2. The summed E-state index contributed by atoms with van der Waals surface area (Å²) in [6.07, 6.45) is 5.34. The highest BCUT2D eigenvalue weighted by Crippen LogP contribution is 2.49. The van der Waals surface area contributed by atoms with Gasteiger partial charge in [-0.15, -0.1) is 0 Å². The second-order valence-electron chi connectivity index (χ2n) is 4.99. The zero-order valence-corrected chi connectivity index (χ0v) is 9.83. The quantitative estimate of drug-likeness (QED) is 0.851. The number of nitrogens with zero attached hydrogens (tertiary/aromatic N) is 2. The number of carboxylic acids is 1. The molecule has 96 valence electrons. The van der Waals surface area contributed by atoms with E-state index >= 15 is 0 Å². The lowest BCUT2D eigenvalue weighted by Crippen LogP contribution is -2.43. The minimum atomic E-state index is -0.777. The molecule has 1 aliphatic carbocycles. The van der Waals surface area contributed by atoms with Crippen molar-refractivity contribution in [2.24, 2.45) is 5.41 Å². The third-order valence-electron chi connectivity index (χ3n) is 4.25. The second-order valence-corrected chi connectivity index (χ2v) is 4.99. The highest BCUT2D eigenvalue weighted by Gasteiger charge is 2.56. The van der Waals surface area contributed by atoms with Gasteiger partial charge in [0.2, 0.25) is 0 Å². The number of hydrogen-bond acceptors (Lipinski definition) is 4. The van der Waals surface area contributed by atoms with Crippen molar-refractivity contribution in [3.63, 3.8) is 0 Å². The van der Waals surface area contributed by atoms with Gasteiger partial charge in [-0.05, 0) is 19.3 Å². The standard InChI is InChI=1S/C12H14N2O4/c15-10(8-6-18-7-13-8)14-5-4-12(11(16)17)3-1-2-9(12)14/h6-7,9H,1-5H2,(H,16,17)/t9-,12+/m1/s1. The molecule has 6 heteroatoms. The van der Waals surface area contributed by atoms with Crippen LogP contribution < -0.4 is 0 Å². The first kappa shape index (κ1) is 11.3. The number of hydrogen-bond donors (Lipinski definition) is 1. The van der Waals surface area contributed by atoms with Crippen molar-refractivity contribution in [3.8, 4) is 0 Å². The van der Waals surface area contributed by atoms with Crippen molar-refractivity contribution in [3.05, 3.63) is 18.4 Å². The van der Waals surface area contributed by atoms with Crippen LogP contribution in [0.5, 0.6) is 0 Å². The maximum Gasteiger partial charge on any atom is 0.311 e. The molecule has 1 aromatic heterocycles. The van der Waals surface area contributed by atoms with Crippen LogP contribution in [0.15, 0.2) is 17.1 Å². The fourth-order valence-corrected chi connectivity index (χ4v) is 3.34. The summed E-state index contributed by atoms with van der Waals surface area (Å²) < 4.78 is 4.80. The Labute approximate surface area is 104 Å². The first-order valence-electron chi connectivity index (χ1n) is 6.08. The fourth-order valence-electron chi connectivity index (χ4n) is 3.34. The summed E-state index contributed by atoms with van der Waals surface area (Å²) in [5.41, 5.74) is -0.484. The van der Waals surface area contributed by atoms with E-state index in [9.17, 15) is 14.7 Å². The molecule has 1 N–H and O–H groups in total. The van der Waals surface area contributed by atoms with E-state index in [2.05, 4.69) is 4.98 Å². The van der Waals surface area contributed by atoms with Crippen molar-refractivity contribution in [1.29, 1.82) is 0 Å². The Morgan fingerprint density at radius 2 is 2.33 bits per heavy atom. The zero-order chi connectivity index (χ0) is 12.8. The Kier molecular flexibility index (Phi) is 2.39. The molecule has 0 aromatic carbocycles. The molecular weight excluding hydrogens is 236 g/mol. The van der Waals surface area contributed by atoms with Crippen LogP contribution in [0.3, 0.4) is 0 Å². The summed E-state index contributed by atoms with van der Waals surface area (Å²) in [6, 6.07) is -0.195. The number of rotatable bonds is 2. The molecule has 2 fully saturated rings. The molecule has 1 aliphatic heterocycles. The molecule has 6 nitrogen and oxygen atoms in total. The van der Waals surface area contributed by atoms with E-state index in [-0.39, 0.29) is 17.6 Å². The number of oxazole rings is 1. The molecule has 2 aliphatic rings. The summed E-state index contributed by atoms with van der Waals surface area (Å²) in [5.74, 6) is -1.00. The maximum absolute atomic E-state index is 12.2. The van der Waals surface area contributed by atoms with Crippen LogP contribution in [0.25, 0.3) is 0 Å². The highest BCUT2D eigenvalue weighted by molar-refractivity contribution is 5.93. The molecule has 1 saturated carbocycles. The molecule has 0 spiro atoms. The molecule has 1 saturated heterocycles. The zero-order valence-electron chi connectivity index (χ0n) is 9.83. The van der Waals surface area contributed by atoms with Crippen LogP contribution >= 0.6 is 0 Å². The van der Waals surface area contributed by atoms with E-state index in [0.29, 0.717) is 19.4 Å². The van der Waals surface area contributed by atoms with Crippen LogP contribution in [0.1, 0.15) is 36.2 Å². The van der Waals surface area contributed by atoms with Gasteiger partial charge in [0, 0.05) is 12.6 Å². The molecule has 3 rings (SSSR count). The van der Waals surface area contributed by atoms with Crippen molar-refractivity contribution in [1.82, 2.24) is 9.88 Å². The van der Waals surface area contributed by atoms with Gasteiger partial charge in [-0.25, -0.2) is 4.98 Å². The minimum absolute atomic E-state index is 0.195. The van der Waals surface area contributed by atoms with Gasteiger partial charge < -0.3 is 14.4 Å². The molecular formula is C12H14N2O4. The second kappa shape index (κ2) is 3.83. The molecule has 1 amide bonds. The average Bonchev–Trinajstić information content (AvgIpc) is 3.04. The van der Waals surface area contributed by atoms with Gasteiger partial charge in [-0.3, -0.25) is 9.59 Å². The van der Waals surface area contributed by atoms with Gasteiger partial charge in [0.05, 0.1) is 5.41 Å². The smallest absolute Gasteiger partial charge is 0.311 e. The Morgan fingerprint density at radius 3 is 3.00 bits per heavy atom. The lowest BCUT2D eigenvalue weighted by molar-refractivity contribution is -0.149. The lowest BCUT2D eigenvalue weighted by atomic mass is 9.82. The molecule has 1 aromatic rings. The predicted octanol–water partition coefficient (Wildman–Crippen LogP) is 1.14. The Bertz CT molecular complexity index is 484. The Morgan fingerprint density at radius 1 is 1.50 bits per heavy atom. The Hall–Kier alpha value is -1.85. The molecule has 0 bridgehead atoms. The first-order chi connectivity index (χ1) is 8.65. The van der Waals surface area contributed by atoms with Crippen molar-refractivity contribution < 1.29 is 19.1 Å². The lowest BCUT2D eigenvalue weighted by Gasteiger charge is -2.28. The molecule has 0 unspecified atom stereocenters. The first-order valence-corrected chi connectivity index (χ1v) is 6.08. The van der Waals surface area contributed by atoms with E-state index < -0.39 is 11.4 Å². The number of amides is 1. The van der Waals surface area contributed by atoms with Gasteiger partial charge in [0.25, 0.3) is 5.91 Å². The largest absolute Gasteiger partial charge is 0.481 e.